The van der Waals surface area contributed by atoms with Gasteiger partial charge in [0.1, 0.15) is 41.6 Å². The van der Waals surface area contributed by atoms with Crippen molar-refractivity contribution in [3.05, 3.63) is 124 Å². The fraction of sp³-hybridized carbons (Fsp3) is 0.508. The van der Waals surface area contributed by atoms with Gasteiger partial charge in [-0.1, -0.05) is 43.3 Å². The number of anilines is 3. The van der Waals surface area contributed by atoms with Crippen LogP contribution in [-0.2, 0) is 56.6 Å². The van der Waals surface area contributed by atoms with Gasteiger partial charge in [-0.15, -0.1) is 0 Å². The highest BCUT2D eigenvalue weighted by Gasteiger charge is 2.45. The van der Waals surface area contributed by atoms with Gasteiger partial charge in [-0.3, -0.25) is 38.6 Å². The standard InChI is InChI=1S/C61H77F3N10O8/c1-37-31-72(46(30-67-37)33-71-22-25-82-35-38(71)2)34-54(77)74-36-61(4,48-17-12-41(27-51(48)74)26-40-10-14-44(62)15-11-40)20-7-21-66-52(75)29-53(76)68-45-16-13-43-32-73(57(47(43)28-45)59(79)70-56-49(63)8-6-9-50(56)64)60(80)55(42-18-23-81-24-19-42)69-58(78)39(3)65-5/h6,8-17,27-28,37-39,42,46,55,57,65,67H,7,18-26,29-36H2,1-5H3,(H,66,75)(H,68,76)(H,69,78)(H,70,79)/t37-,38-,39?,46-,55?,57+,61?/m1/s1. The van der Waals surface area contributed by atoms with Crippen molar-refractivity contribution < 1.29 is 51.4 Å². The Kier molecular flexibility index (Phi) is 19.5. The summed E-state index contributed by atoms with van der Waals surface area (Å²) in [6.07, 6.45) is 2.08. The molecule has 6 N–H and O–H groups in total. The quantitative estimate of drug-likeness (QED) is 0.0503. The summed E-state index contributed by atoms with van der Waals surface area (Å²) in [6, 6.07) is 18.0. The average molecular weight is 1140 g/mol. The Morgan fingerprint density at radius 3 is 2.33 bits per heavy atom. The van der Waals surface area contributed by atoms with E-state index in [1.54, 1.807) is 38.2 Å². The summed E-state index contributed by atoms with van der Waals surface area (Å²) in [5.41, 5.74) is 3.62. The third-order valence-electron chi connectivity index (χ3n) is 16.9. The van der Waals surface area contributed by atoms with E-state index in [0.717, 1.165) is 66.8 Å². The molecule has 3 unspecified atom stereocenters. The number of likely N-dealkylation sites (N-methyl/N-ethyl adjacent to an activating group) is 1. The van der Waals surface area contributed by atoms with Gasteiger partial charge in [-0.2, -0.15) is 0 Å². The van der Waals surface area contributed by atoms with E-state index in [9.17, 15) is 41.9 Å². The number of hydrogen-bond acceptors (Lipinski definition) is 12. The molecule has 5 aliphatic rings. The number of fused-ring (bicyclic) bond motifs is 2. The molecule has 0 spiro atoms. The van der Waals surface area contributed by atoms with E-state index < -0.39 is 76.8 Å². The second-order valence-electron chi connectivity index (χ2n) is 23.0. The molecule has 4 aromatic carbocycles. The zero-order valence-corrected chi connectivity index (χ0v) is 47.5. The van der Waals surface area contributed by atoms with Gasteiger partial charge in [0.2, 0.25) is 29.5 Å². The van der Waals surface area contributed by atoms with Crippen molar-refractivity contribution in [2.45, 2.75) is 114 Å². The van der Waals surface area contributed by atoms with E-state index in [0.29, 0.717) is 70.6 Å². The van der Waals surface area contributed by atoms with E-state index in [1.807, 2.05) is 4.90 Å². The van der Waals surface area contributed by atoms with E-state index in [2.05, 4.69) is 80.7 Å². The third kappa shape index (κ3) is 14.2. The largest absolute Gasteiger partial charge is 0.381 e. The first-order valence-electron chi connectivity index (χ1n) is 28.7. The first kappa shape index (κ1) is 59.9. The maximum absolute atomic E-state index is 15.0. The molecule has 18 nitrogen and oxygen atoms in total. The number of amides is 6. The highest BCUT2D eigenvalue weighted by atomic mass is 19.1. The number of rotatable bonds is 20. The lowest BCUT2D eigenvalue weighted by Gasteiger charge is -2.43. The molecule has 0 saturated carbocycles. The lowest BCUT2D eigenvalue weighted by Crippen LogP contribution is -2.62. The van der Waals surface area contributed by atoms with Crippen molar-refractivity contribution in [3.8, 4) is 0 Å². The number of morpholine rings is 1. The van der Waals surface area contributed by atoms with Gasteiger partial charge in [-0.05, 0) is 136 Å². The molecular weight excluding hydrogens is 1060 g/mol. The van der Waals surface area contributed by atoms with Crippen LogP contribution in [-0.4, -0.2) is 160 Å². The predicted molar refractivity (Wildman–Crippen MR) is 304 cm³/mol. The molecule has 0 radical (unpaired) electrons. The topological polar surface area (TPSA) is 206 Å². The molecule has 0 aliphatic carbocycles. The molecule has 0 aromatic heterocycles. The lowest BCUT2D eigenvalue weighted by molar-refractivity contribution is -0.144. The second kappa shape index (κ2) is 26.7. The van der Waals surface area contributed by atoms with Crippen molar-refractivity contribution >= 4 is 52.5 Å². The monoisotopic (exact) mass is 1130 g/mol. The maximum atomic E-state index is 15.0. The van der Waals surface area contributed by atoms with Crippen LogP contribution in [0.2, 0.25) is 0 Å². The number of carbonyl (C=O) groups is 6. The molecular formula is C61H77F3N10O8. The normalized spacial score (nSPS) is 22.9. The van der Waals surface area contributed by atoms with Crippen molar-refractivity contribution in [2.75, 3.05) is 94.8 Å². The predicted octanol–water partition coefficient (Wildman–Crippen LogP) is 5.15. The van der Waals surface area contributed by atoms with Gasteiger partial charge >= 0.3 is 0 Å². The molecule has 6 amide bonds. The summed E-state index contributed by atoms with van der Waals surface area (Å²) in [5.74, 6) is -5.82. The Morgan fingerprint density at radius 2 is 1.60 bits per heavy atom. The van der Waals surface area contributed by atoms with Gasteiger partial charge in [-0.25, -0.2) is 13.2 Å². The van der Waals surface area contributed by atoms with Crippen LogP contribution >= 0.6 is 0 Å². The van der Waals surface area contributed by atoms with Crippen molar-refractivity contribution in [1.29, 1.82) is 0 Å². The molecule has 5 aliphatic heterocycles. The van der Waals surface area contributed by atoms with Gasteiger partial charge in [0.25, 0.3) is 5.91 Å². The van der Waals surface area contributed by atoms with Gasteiger partial charge in [0, 0.05) is 93.9 Å². The van der Waals surface area contributed by atoms with Crippen molar-refractivity contribution in [1.82, 2.24) is 36.0 Å². The molecule has 7 atom stereocenters. The summed E-state index contributed by atoms with van der Waals surface area (Å²) in [7, 11) is 1.61. The zero-order valence-electron chi connectivity index (χ0n) is 47.5. The number of halogens is 3. The number of piperazine rings is 1. The molecule has 3 saturated heterocycles. The minimum atomic E-state index is -1.44. The lowest BCUT2D eigenvalue weighted by atomic mass is 9.80. The van der Waals surface area contributed by atoms with Crippen LogP contribution in [0.4, 0.5) is 30.2 Å². The van der Waals surface area contributed by atoms with Crippen molar-refractivity contribution in [3.63, 3.8) is 0 Å². The summed E-state index contributed by atoms with van der Waals surface area (Å²) in [4.78, 5) is 91.9. The Bertz CT molecular complexity index is 2960. The Labute approximate surface area is 477 Å². The van der Waals surface area contributed by atoms with Crippen molar-refractivity contribution in [2.24, 2.45) is 5.92 Å². The summed E-state index contributed by atoms with van der Waals surface area (Å²) in [5, 5.41) is 17.3. The van der Waals surface area contributed by atoms with E-state index in [4.69, 9.17) is 9.47 Å². The first-order chi connectivity index (χ1) is 39.4. The summed E-state index contributed by atoms with van der Waals surface area (Å²) >= 11 is 0. The van der Waals surface area contributed by atoms with Gasteiger partial charge < -0.3 is 51.2 Å². The number of nitrogens with one attached hydrogen (secondary N) is 6. The summed E-state index contributed by atoms with van der Waals surface area (Å²) < 4.78 is 55.1. The number of ether oxygens (including phenoxy) is 2. The Hall–Kier alpha value is -6.75. The minimum Gasteiger partial charge on any atom is -0.381 e. The molecule has 0 bridgehead atoms. The van der Waals surface area contributed by atoms with Crippen LogP contribution in [0.3, 0.4) is 0 Å². The first-order valence-corrected chi connectivity index (χ1v) is 28.7. The third-order valence-corrected chi connectivity index (χ3v) is 16.9. The average Bonchev–Trinajstić information content (AvgIpc) is 3.17. The van der Waals surface area contributed by atoms with Crippen LogP contribution in [0.1, 0.15) is 93.7 Å². The highest BCUT2D eigenvalue weighted by Crippen LogP contribution is 2.45. The van der Waals surface area contributed by atoms with Crippen LogP contribution in [0, 0.1) is 23.4 Å². The maximum Gasteiger partial charge on any atom is 0.252 e. The number of benzene rings is 4. The molecule has 82 heavy (non-hydrogen) atoms. The highest BCUT2D eigenvalue weighted by molar-refractivity contribution is 6.04. The summed E-state index contributed by atoms with van der Waals surface area (Å²) in [6.45, 7) is 14.2. The minimum absolute atomic E-state index is 0.00273. The molecule has 9 rings (SSSR count). The number of nitrogens with zero attached hydrogens (tertiary/aromatic N) is 4. The van der Waals surface area contributed by atoms with Gasteiger partial charge in [0.15, 0.2) is 0 Å². The van der Waals surface area contributed by atoms with Crippen LogP contribution in [0.5, 0.6) is 0 Å². The van der Waals surface area contributed by atoms with Crippen LogP contribution in [0.25, 0.3) is 0 Å². The SMILES string of the molecule is CNC(C)C(=O)NC(C(=O)N1Cc2ccc(NC(=O)CC(=O)NCCCC3(C)CN(C(=O)CN4C[C@@H](C)NC[C@@H]4CN4CCOC[C@H]4C)c4cc(Cc5ccc(F)cc5)ccc43)cc2[C@H]1C(=O)Nc1c(F)cccc1F)C1CCOCC1. The number of carbonyl (C=O) groups excluding carboxylic acids is 6. The molecule has 440 valence electrons. The fourth-order valence-electron chi connectivity index (χ4n) is 12.1. The Morgan fingerprint density at radius 1 is 0.854 bits per heavy atom. The molecule has 5 heterocycles. The van der Waals surface area contributed by atoms with Crippen LogP contribution in [0.15, 0.2) is 78.9 Å². The van der Waals surface area contributed by atoms with E-state index in [1.165, 1.54) is 23.1 Å². The van der Waals surface area contributed by atoms with Crippen LogP contribution < -0.4 is 36.8 Å². The smallest absolute Gasteiger partial charge is 0.252 e. The second-order valence-corrected chi connectivity index (χ2v) is 23.0. The Balaban J connectivity index is 0.855. The van der Waals surface area contributed by atoms with E-state index in [-0.39, 0.29) is 66.7 Å². The number of para-hydroxylation sites is 1. The molecule has 3 fully saturated rings. The fourth-order valence-corrected chi connectivity index (χ4v) is 12.1. The zero-order chi connectivity index (χ0) is 58.2. The van der Waals surface area contributed by atoms with Gasteiger partial charge in [0.05, 0.1) is 25.8 Å². The van der Waals surface area contributed by atoms with E-state index >= 15 is 0 Å². The number of hydrogen-bond donors (Lipinski definition) is 6. The molecule has 4 aromatic rings. The molecule has 21 heteroatoms.